The van der Waals surface area contributed by atoms with Crippen LogP contribution in [0.15, 0.2) is 12.1 Å². The quantitative estimate of drug-likeness (QED) is 0.838. The van der Waals surface area contributed by atoms with E-state index in [-0.39, 0.29) is 0 Å². The molecule has 1 aromatic carbocycles. The van der Waals surface area contributed by atoms with E-state index in [1.807, 2.05) is 0 Å². The molecule has 1 aliphatic heterocycles. The lowest BCUT2D eigenvalue weighted by atomic mass is 9.98. The fraction of sp³-hybridized carbons (Fsp3) is 0.538. The smallest absolute Gasteiger partial charge is 0.0614 e. The van der Waals surface area contributed by atoms with Crippen molar-refractivity contribution in [1.82, 2.24) is 4.90 Å². The highest BCUT2D eigenvalue weighted by Gasteiger charge is 2.17. The molecule has 0 spiro atoms. The van der Waals surface area contributed by atoms with Gasteiger partial charge in [-0.2, -0.15) is 0 Å². The maximum Gasteiger partial charge on any atom is 0.0614 e. The summed E-state index contributed by atoms with van der Waals surface area (Å²) < 4.78 is 0. The van der Waals surface area contributed by atoms with Crippen LogP contribution in [0.4, 0.5) is 11.4 Å². The zero-order valence-corrected chi connectivity index (χ0v) is 12.1. The number of nitrogens with two attached hydrogens (primary N) is 1. The second kappa shape index (κ2) is 6.00. The molecule has 0 aromatic heterocycles. The second-order valence-corrected chi connectivity index (χ2v) is 5.82. The molecule has 3 nitrogen and oxygen atoms in total. The molecular weight excluding hydrogens is 269 g/mol. The van der Waals surface area contributed by atoms with Crippen LogP contribution in [-0.2, 0) is 0 Å². The molecule has 0 aliphatic carbocycles. The van der Waals surface area contributed by atoms with Crippen molar-refractivity contribution in [2.75, 3.05) is 37.7 Å². The van der Waals surface area contributed by atoms with Crippen molar-refractivity contribution in [2.45, 2.75) is 12.8 Å². The van der Waals surface area contributed by atoms with Gasteiger partial charge in [0.2, 0.25) is 0 Å². The SMILES string of the molecule is CN1CCCC(CNc2cc(Cl)c(Cl)cc2N)C1. The fourth-order valence-corrected chi connectivity index (χ4v) is 2.75. The normalized spacial score (nSPS) is 20.9. The van der Waals surface area contributed by atoms with E-state index in [0.29, 0.717) is 21.7 Å². The van der Waals surface area contributed by atoms with E-state index >= 15 is 0 Å². The van der Waals surface area contributed by atoms with Crippen LogP contribution < -0.4 is 11.1 Å². The van der Waals surface area contributed by atoms with E-state index in [1.54, 1.807) is 12.1 Å². The lowest BCUT2D eigenvalue weighted by Gasteiger charge is -2.30. The third-order valence-corrected chi connectivity index (χ3v) is 4.12. The minimum absolute atomic E-state index is 0.497. The topological polar surface area (TPSA) is 41.3 Å². The van der Waals surface area contributed by atoms with Gasteiger partial charge >= 0.3 is 0 Å². The van der Waals surface area contributed by atoms with Crippen molar-refractivity contribution in [1.29, 1.82) is 0 Å². The fourth-order valence-electron chi connectivity index (χ4n) is 2.41. The standard InChI is InChI=1S/C13H19Cl2N3/c1-18-4-2-3-9(8-18)7-17-13-6-11(15)10(14)5-12(13)16/h5-6,9,17H,2-4,7-8,16H2,1H3. The number of hydrogen-bond donors (Lipinski definition) is 2. The molecule has 3 N–H and O–H groups in total. The molecule has 2 rings (SSSR count). The molecule has 1 fully saturated rings. The van der Waals surface area contributed by atoms with E-state index in [9.17, 15) is 0 Å². The van der Waals surface area contributed by atoms with Crippen LogP contribution >= 0.6 is 23.2 Å². The molecule has 5 heteroatoms. The molecule has 1 aliphatic rings. The van der Waals surface area contributed by atoms with Gasteiger partial charge in [0.15, 0.2) is 0 Å². The van der Waals surface area contributed by atoms with Crippen LogP contribution in [0.25, 0.3) is 0 Å². The molecule has 1 saturated heterocycles. The van der Waals surface area contributed by atoms with Crippen molar-refractivity contribution < 1.29 is 0 Å². The molecule has 0 radical (unpaired) electrons. The van der Waals surface area contributed by atoms with E-state index in [2.05, 4.69) is 17.3 Å². The monoisotopic (exact) mass is 287 g/mol. The van der Waals surface area contributed by atoms with Gasteiger partial charge in [-0.3, -0.25) is 0 Å². The van der Waals surface area contributed by atoms with Gasteiger partial charge < -0.3 is 16.0 Å². The molecule has 1 aromatic rings. The molecule has 1 heterocycles. The van der Waals surface area contributed by atoms with Crippen LogP contribution in [0.2, 0.25) is 10.0 Å². The Labute approximate surface area is 118 Å². The first kappa shape index (κ1) is 13.8. The van der Waals surface area contributed by atoms with E-state index in [1.165, 1.54) is 19.4 Å². The summed E-state index contributed by atoms with van der Waals surface area (Å²) >= 11 is 11.9. The Bertz CT molecular complexity index is 423. The Balaban J connectivity index is 1.95. The summed E-state index contributed by atoms with van der Waals surface area (Å²) in [5.41, 5.74) is 7.44. The minimum atomic E-state index is 0.497. The van der Waals surface area contributed by atoms with Crippen molar-refractivity contribution in [3.05, 3.63) is 22.2 Å². The lowest BCUT2D eigenvalue weighted by molar-refractivity contribution is 0.217. The highest BCUT2D eigenvalue weighted by atomic mass is 35.5. The van der Waals surface area contributed by atoms with Crippen molar-refractivity contribution in [3.63, 3.8) is 0 Å². The predicted octanol–water partition coefficient (Wildman–Crippen LogP) is 3.33. The van der Waals surface area contributed by atoms with Crippen LogP contribution in [-0.4, -0.2) is 31.6 Å². The molecule has 0 saturated carbocycles. The van der Waals surface area contributed by atoms with Gasteiger partial charge in [0.25, 0.3) is 0 Å². The largest absolute Gasteiger partial charge is 0.397 e. The Morgan fingerprint density at radius 3 is 2.83 bits per heavy atom. The molecule has 18 heavy (non-hydrogen) atoms. The maximum atomic E-state index is 5.99. The highest BCUT2D eigenvalue weighted by Crippen LogP contribution is 2.31. The number of rotatable bonds is 3. The zero-order valence-electron chi connectivity index (χ0n) is 10.5. The number of nitrogen functional groups attached to an aromatic ring is 1. The van der Waals surface area contributed by atoms with Crippen LogP contribution in [0.1, 0.15) is 12.8 Å². The summed E-state index contributed by atoms with van der Waals surface area (Å²) in [5.74, 6) is 0.664. The van der Waals surface area contributed by atoms with E-state index < -0.39 is 0 Å². The number of nitrogens with zero attached hydrogens (tertiary/aromatic N) is 1. The number of likely N-dealkylation sites (tertiary alicyclic amines) is 1. The maximum absolute atomic E-state index is 5.99. The third kappa shape index (κ3) is 3.44. The van der Waals surface area contributed by atoms with Gasteiger partial charge in [0.05, 0.1) is 21.4 Å². The summed E-state index contributed by atoms with van der Waals surface area (Å²) in [6, 6.07) is 3.49. The molecule has 1 unspecified atom stereocenters. The first-order chi connectivity index (χ1) is 8.56. The van der Waals surface area contributed by atoms with Crippen molar-refractivity contribution in [3.8, 4) is 0 Å². The second-order valence-electron chi connectivity index (χ2n) is 5.00. The summed E-state index contributed by atoms with van der Waals surface area (Å²) in [7, 11) is 2.17. The van der Waals surface area contributed by atoms with Gasteiger partial charge in [-0.1, -0.05) is 23.2 Å². The summed E-state index contributed by atoms with van der Waals surface area (Å²) in [6.45, 7) is 3.26. The number of halogens is 2. The van der Waals surface area contributed by atoms with Gasteiger partial charge in [0, 0.05) is 13.1 Å². The van der Waals surface area contributed by atoms with Crippen LogP contribution in [0.5, 0.6) is 0 Å². The predicted molar refractivity (Wildman–Crippen MR) is 79.6 cm³/mol. The molecule has 0 amide bonds. The Morgan fingerprint density at radius 2 is 2.11 bits per heavy atom. The van der Waals surface area contributed by atoms with Gasteiger partial charge in [0.1, 0.15) is 0 Å². The molecule has 100 valence electrons. The Hall–Kier alpha value is -0.640. The van der Waals surface area contributed by atoms with Gasteiger partial charge in [-0.05, 0) is 44.5 Å². The summed E-state index contributed by atoms with van der Waals surface area (Å²) in [4.78, 5) is 2.37. The van der Waals surface area contributed by atoms with Crippen molar-refractivity contribution >= 4 is 34.6 Å². The minimum Gasteiger partial charge on any atom is -0.397 e. The molecule has 0 bridgehead atoms. The van der Waals surface area contributed by atoms with Crippen LogP contribution in [0, 0.1) is 5.92 Å². The lowest BCUT2D eigenvalue weighted by Crippen LogP contribution is -2.35. The van der Waals surface area contributed by atoms with Gasteiger partial charge in [-0.15, -0.1) is 0 Å². The zero-order chi connectivity index (χ0) is 13.1. The first-order valence-corrected chi connectivity index (χ1v) is 6.99. The molecular formula is C13H19Cl2N3. The number of nitrogens with one attached hydrogen (secondary N) is 1. The average Bonchev–Trinajstić information content (AvgIpc) is 2.32. The Kier molecular flexibility index (Phi) is 4.60. The highest BCUT2D eigenvalue weighted by molar-refractivity contribution is 6.42. The Morgan fingerprint density at radius 1 is 1.39 bits per heavy atom. The number of hydrogen-bond acceptors (Lipinski definition) is 3. The number of piperidine rings is 1. The number of anilines is 2. The summed E-state index contributed by atoms with van der Waals surface area (Å²) in [5, 5.41) is 4.41. The van der Waals surface area contributed by atoms with E-state index in [0.717, 1.165) is 18.8 Å². The number of benzene rings is 1. The summed E-state index contributed by atoms with van der Waals surface area (Å²) in [6.07, 6.45) is 2.53. The van der Waals surface area contributed by atoms with Gasteiger partial charge in [-0.25, -0.2) is 0 Å². The van der Waals surface area contributed by atoms with Crippen molar-refractivity contribution in [2.24, 2.45) is 5.92 Å². The first-order valence-electron chi connectivity index (χ1n) is 6.23. The van der Waals surface area contributed by atoms with E-state index in [4.69, 9.17) is 28.9 Å². The average molecular weight is 288 g/mol. The van der Waals surface area contributed by atoms with Crippen LogP contribution in [0.3, 0.4) is 0 Å². The molecule has 1 atom stereocenters. The third-order valence-electron chi connectivity index (χ3n) is 3.40.